The third-order valence-electron chi connectivity index (χ3n) is 3.91. The highest BCUT2D eigenvalue weighted by molar-refractivity contribution is 7.99. The lowest BCUT2D eigenvalue weighted by molar-refractivity contribution is -0.124. The fourth-order valence-corrected chi connectivity index (χ4v) is 3.63. The smallest absolute Gasteiger partial charge is 0.258 e. The van der Waals surface area contributed by atoms with E-state index in [9.17, 15) is 4.79 Å². The zero-order valence-corrected chi connectivity index (χ0v) is 20.3. The van der Waals surface area contributed by atoms with Crippen LogP contribution in [0.5, 0.6) is 11.5 Å². The summed E-state index contributed by atoms with van der Waals surface area (Å²) in [6.45, 7) is 9.44. The molecule has 0 saturated heterocycles. The Morgan fingerprint density at radius 1 is 1.26 bits per heavy atom. The van der Waals surface area contributed by atoms with Gasteiger partial charge in [0.25, 0.3) is 5.91 Å². The van der Waals surface area contributed by atoms with Gasteiger partial charge in [0.1, 0.15) is 0 Å². The van der Waals surface area contributed by atoms with Crippen molar-refractivity contribution in [1.29, 1.82) is 0 Å². The molecule has 2 N–H and O–H groups in total. The topological polar surface area (TPSA) is 103 Å². The van der Waals surface area contributed by atoms with Gasteiger partial charge >= 0.3 is 0 Å². The highest BCUT2D eigenvalue weighted by Crippen LogP contribution is 2.33. The number of tetrazole rings is 1. The fourth-order valence-electron chi connectivity index (χ4n) is 2.62. The van der Waals surface area contributed by atoms with Gasteiger partial charge in [-0.2, -0.15) is 0 Å². The molecule has 0 unspecified atom stereocenters. The Morgan fingerprint density at radius 2 is 2.00 bits per heavy atom. The van der Waals surface area contributed by atoms with Crippen LogP contribution in [0.25, 0.3) is 0 Å². The lowest BCUT2D eigenvalue weighted by Gasteiger charge is -2.21. The normalized spacial score (nSPS) is 11.4. The van der Waals surface area contributed by atoms with Crippen LogP contribution >= 0.6 is 23.4 Å². The molecule has 1 heterocycles. The van der Waals surface area contributed by atoms with Crippen molar-refractivity contribution >= 4 is 29.3 Å². The van der Waals surface area contributed by atoms with Crippen LogP contribution in [0.4, 0.5) is 0 Å². The number of thioether (sulfide) groups is 1. The number of hydrogen-bond acceptors (Lipinski definition) is 8. The van der Waals surface area contributed by atoms with Crippen molar-refractivity contribution in [2.24, 2.45) is 7.05 Å². The number of rotatable bonds is 12. The molecule has 2 rings (SSSR count). The molecule has 1 aromatic heterocycles. The summed E-state index contributed by atoms with van der Waals surface area (Å²) < 4.78 is 13.0. The summed E-state index contributed by atoms with van der Waals surface area (Å²) in [4.78, 5) is 12.0. The van der Waals surface area contributed by atoms with Crippen molar-refractivity contribution in [1.82, 2.24) is 30.8 Å². The quantitative estimate of drug-likeness (QED) is 0.360. The van der Waals surface area contributed by atoms with Gasteiger partial charge in [-0.3, -0.25) is 4.79 Å². The highest BCUT2D eigenvalue weighted by atomic mass is 35.5. The Bertz CT molecular complexity index is 856. The van der Waals surface area contributed by atoms with Gasteiger partial charge in [0, 0.05) is 36.0 Å². The molecule has 1 aromatic carbocycles. The molecule has 9 nitrogen and oxygen atoms in total. The standard InChI is InChI=1S/C20H31ClN6O3S/c1-6-29-16-10-14(12-22-8-7-9-31-19-24-25-26-27(19)5)15(21)11-17(16)30-13-18(28)23-20(2,3)4/h10-11,22H,6-9,12-13H2,1-5H3,(H,23,28). The molecule has 0 saturated carbocycles. The van der Waals surface area contributed by atoms with E-state index in [4.69, 9.17) is 21.1 Å². The first-order chi connectivity index (χ1) is 14.7. The summed E-state index contributed by atoms with van der Waals surface area (Å²) in [7, 11) is 1.82. The van der Waals surface area contributed by atoms with Crippen LogP contribution in [0, 0.1) is 0 Å². The van der Waals surface area contributed by atoms with Crippen LogP contribution in [-0.2, 0) is 18.4 Å². The number of hydrogen-bond donors (Lipinski definition) is 2. The number of aryl methyl sites for hydroxylation is 1. The van der Waals surface area contributed by atoms with E-state index in [2.05, 4.69) is 26.2 Å². The molecule has 0 spiro atoms. The minimum atomic E-state index is -0.319. The van der Waals surface area contributed by atoms with Crippen LogP contribution in [0.1, 0.15) is 39.7 Å². The van der Waals surface area contributed by atoms with Gasteiger partial charge in [0.15, 0.2) is 18.1 Å². The average molecular weight is 471 g/mol. The van der Waals surface area contributed by atoms with Crippen LogP contribution in [0.3, 0.4) is 0 Å². The molecule has 0 atom stereocenters. The predicted octanol–water partition coefficient (Wildman–Crippen LogP) is 2.83. The van der Waals surface area contributed by atoms with Crippen LogP contribution in [0.2, 0.25) is 5.02 Å². The summed E-state index contributed by atoms with van der Waals surface area (Å²) >= 11 is 8.06. The number of carbonyl (C=O) groups is 1. The zero-order chi connectivity index (χ0) is 22.9. The monoisotopic (exact) mass is 470 g/mol. The maximum absolute atomic E-state index is 12.0. The largest absolute Gasteiger partial charge is 0.490 e. The Hall–Kier alpha value is -2.04. The number of nitrogens with one attached hydrogen (secondary N) is 2. The van der Waals surface area contributed by atoms with Crippen molar-refractivity contribution in [2.75, 3.05) is 25.5 Å². The van der Waals surface area contributed by atoms with Crippen molar-refractivity contribution in [3.8, 4) is 11.5 Å². The number of ether oxygens (including phenoxy) is 2. The molecule has 0 bridgehead atoms. The molecule has 1 amide bonds. The number of aromatic nitrogens is 4. The maximum Gasteiger partial charge on any atom is 0.258 e. The molecule has 31 heavy (non-hydrogen) atoms. The van der Waals surface area contributed by atoms with Gasteiger partial charge in [0.2, 0.25) is 5.16 Å². The minimum absolute atomic E-state index is 0.107. The Labute approximate surface area is 192 Å². The number of carbonyl (C=O) groups excluding carboxylic acids is 1. The van der Waals surface area contributed by atoms with Crippen molar-refractivity contribution < 1.29 is 14.3 Å². The molecule has 0 aliphatic heterocycles. The van der Waals surface area contributed by atoms with E-state index in [1.165, 1.54) is 0 Å². The molecule has 0 aliphatic rings. The van der Waals surface area contributed by atoms with Crippen molar-refractivity contribution in [3.63, 3.8) is 0 Å². The van der Waals surface area contributed by atoms with Crippen LogP contribution < -0.4 is 20.1 Å². The molecular weight excluding hydrogens is 440 g/mol. The molecule has 172 valence electrons. The Kier molecular flexibility index (Phi) is 9.86. The second kappa shape index (κ2) is 12.1. The first-order valence-corrected chi connectivity index (χ1v) is 11.5. The zero-order valence-electron chi connectivity index (χ0n) is 18.7. The highest BCUT2D eigenvalue weighted by Gasteiger charge is 2.16. The molecule has 11 heteroatoms. The van der Waals surface area contributed by atoms with E-state index in [1.54, 1.807) is 22.5 Å². The Balaban J connectivity index is 1.85. The van der Waals surface area contributed by atoms with E-state index in [0.717, 1.165) is 29.4 Å². The molecular formula is C20H31ClN6O3S. The molecule has 0 radical (unpaired) electrons. The first kappa shape index (κ1) is 25.2. The van der Waals surface area contributed by atoms with Gasteiger partial charge in [0.05, 0.1) is 6.61 Å². The second-order valence-electron chi connectivity index (χ2n) is 7.87. The molecule has 2 aromatic rings. The second-order valence-corrected chi connectivity index (χ2v) is 9.34. The molecule has 0 fully saturated rings. The fraction of sp³-hybridized carbons (Fsp3) is 0.600. The SMILES string of the molecule is CCOc1cc(CNCCCSc2nnnn2C)c(Cl)cc1OCC(=O)NC(C)(C)C. The summed E-state index contributed by atoms with van der Waals surface area (Å²) in [6, 6.07) is 3.56. The average Bonchev–Trinajstić information content (AvgIpc) is 3.09. The van der Waals surface area contributed by atoms with E-state index < -0.39 is 0 Å². The number of halogens is 1. The van der Waals surface area contributed by atoms with Crippen molar-refractivity contribution in [3.05, 3.63) is 22.7 Å². The van der Waals surface area contributed by atoms with E-state index in [1.807, 2.05) is 40.8 Å². The lowest BCUT2D eigenvalue weighted by atomic mass is 10.1. The third-order valence-corrected chi connectivity index (χ3v) is 5.36. The predicted molar refractivity (Wildman–Crippen MR) is 122 cm³/mol. The van der Waals surface area contributed by atoms with Gasteiger partial charge in [-0.25, -0.2) is 4.68 Å². The first-order valence-electron chi connectivity index (χ1n) is 10.1. The van der Waals surface area contributed by atoms with E-state index >= 15 is 0 Å². The Morgan fingerprint density at radius 3 is 2.65 bits per heavy atom. The van der Waals surface area contributed by atoms with Gasteiger partial charge in [-0.15, -0.1) is 5.10 Å². The summed E-state index contributed by atoms with van der Waals surface area (Å²) in [5, 5.41) is 19.0. The molecule has 0 aliphatic carbocycles. The number of benzene rings is 1. The van der Waals surface area contributed by atoms with E-state index in [-0.39, 0.29) is 18.1 Å². The van der Waals surface area contributed by atoms with Crippen LogP contribution in [0.15, 0.2) is 17.3 Å². The van der Waals surface area contributed by atoms with Gasteiger partial charge in [-0.05, 0) is 62.7 Å². The third kappa shape index (κ3) is 8.92. The minimum Gasteiger partial charge on any atom is -0.490 e. The van der Waals surface area contributed by atoms with Crippen LogP contribution in [-0.4, -0.2) is 57.2 Å². The summed E-state index contributed by atoms with van der Waals surface area (Å²) in [5.74, 6) is 1.72. The van der Waals surface area contributed by atoms with Gasteiger partial charge in [-0.1, -0.05) is 23.4 Å². The maximum atomic E-state index is 12.0. The van der Waals surface area contributed by atoms with Crippen molar-refractivity contribution in [2.45, 2.75) is 51.4 Å². The lowest BCUT2D eigenvalue weighted by Crippen LogP contribution is -2.43. The van der Waals surface area contributed by atoms with Gasteiger partial charge < -0.3 is 20.1 Å². The summed E-state index contributed by atoms with van der Waals surface area (Å²) in [5.41, 5.74) is 0.585. The number of amides is 1. The summed E-state index contributed by atoms with van der Waals surface area (Å²) in [6.07, 6.45) is 0.956. The van der Waals surface area contributed by atoms with E-state index in [0.29, 0.717) is 29.7 Å². The number of nitrogens with zero attached hydrogens (tertiary/aromatic N) is 4.